The number of carbonyl (C=O) groups is 3. The van der Waals surface area contributed by atoms with Crippen LogP contribution in [0.2, 0.25) is 0 Å². The van der Waals surface area contributed by atoms with E-state index in [1.165, 1.54) is 11.3 Å². The highest BCUT2D eigenvalue weighted by molar-refractivity contribution is 7.12. The van der Waals surface area contributed by atoms with E-state index in [1.807, 2.05) is 18.2 Å². The van der Waals surface area contributed by atoms with Gasteiger partial charge in [0, 0.05) is 6.42 Å². The number of rotatable bonds is 9. The first-order chi connectivity index (χ1) is 14.1. The van der Waals surface area contributed by atoms with Gasteiger partial charge in [-0.25, -0.2) is 0 Å². The van der Waals surface area contributed by atoms with Crippen molar-refractivity contribution in [3.63, 3.8) is 0 Å². The Bertz CT molecular complexity index is 970. The van der Waals surface area contributed by atoms with E-state index in [0.29, 0.717) is 22.1 Å². The average Bonchev–Trinajstić information content (AvgIpc) is 3.28. The molecule has 0 bridgehead atoms. The molecule has 2 aromatic carbocycles. The highest BCUT2D eigenvalue weighted by Gasteiger charge is 2.14. The van der Waals surface area contributed by atoms with Crippen molar-refractivity contribution in [2.45, 2.75) is 12.8 Å². The molecule has 1 heterocycles. The summed E-state index contributed by atoms with van der Waals surface area (Å²) in [6.07, 6.45) is -0.0214. The SMILES string of the molecule is O=C(COC(=O)CCC(=O)c1cccs1)Nc1ccccc1Oc1ccccc1. The summed E-state index contributed by atoms with van der Waals surface area (Å²) in [5.74, 6) is -0.102. The predicted molar refractivity (Wildman–Crippen MR) is 110 cm³/mol. The van der Waals surface area contributed by atoms with Crippen molar-refractivity contribution in [2.24, 2.45) is 0 Å². The van der Waals surface area contributed by atoms with Gasteiger partial charge in [-0.2, -0.15) is 0 Å². The molecule has 3 rings (SSSR count). The first kappa shape index (κ1) is 20.3. The Morgan fingerprint density at radius 3 is 2.38 bits per heavy atom. The van der Waals surface area contributed by atoms with Crippen LogP contribution < -0.4 is 10.1 Å². The lowest BCUT2D eigenvalue weighted by molar-refractivity contribution is -0.147. The average molecular weight is 409 g/mol. The van der Waals surface area contributed by atoms with Gasteiger partial charge in [-0.1, -0.05) is 36.4 Å². The second kappa shape index (κ2) is 10.2. The van der Waals surface area contributed by atoms with Gasteiger partial charge in [0.15, 0.2) is 18.1 Å². The molecule has 7 heteroatoms. The Hall–Kier alpha value is -3.45. The third-order valence-electron chi connectivity index (χ3n) is 3.85. The zero-order chi connectivity index (χ0) is 20.5. The molecule has 0 aliphatic rings. The smallest absolute Gasteiger partial charge is 0.306 e. The van der Waals surface area contributed by atoms with E-state index in [9.17, 15) is 14.4 Å². The van der Waals surface area contributed by atoms with Crippen LogP contribution in [0, 0.1) is 0 Å². The lowest BCUT2D eigenvalue weighted by Crippen LogP contribution is -2.21. The van der Waals surface area contributed by atoms with Gasteiger partial charge in [-0.15, -0.1) is 11.3 Å². The van der Waals surface area contributed by atoms with E-state index in [-0.39, 0.29) is 18.6 Å². The second-order valence-electron chi connectivity index (χ2n) is 6.02. The molecule has 1 aromatic heterocycles. The Morgan fingerprint density at radius 1 is 0.862 bits per heavy atom. The molecule has 0 aliphatic carbocycles. The van der Waals surface area contributed by atoms with E-state index in [1.54, 1.807) is 53.9 Å². The maximum Gasteiger partial charge on any atom is 0.306 e. The van der Waals surface area contributed by atoms with Crippen LogP contribution >= 0.6 is 11.3 Å². The molecule has 0 atom stereocenters. The molecular weight excluding hydrogens is 390 g/mol. The van der Waals surface area contributed by atoms with E-state index in [4.69, 9.17) is 9.47 Å². The van der Waals surface area contributed by atoms with Crippen LogP contribution in [-0.4, -0.2) is 24.3 Å². The van der Waals surface area contributed by atoms with E-state index in [0.717, 1.165) is 0 Å². The fourth-order valence-corrected chi connectivity index (χ4v) is 3.15. The number of ether oxygens (including phenoxy) is 2. The number of hydrogen-bond donors (Lipinski definition) is 1. The largest absolute Gasteiger partial charge is 0.456 e. The van der Waals surface area contributed by atoms with Crippen molar-refractivity contribution in [2.75, 3.05) is 11.9 Å². The topological polar surface area (TPSA) is 81.7 Å². The molecule has 0 aliphatic heterocycles. The number of thiophene rings is 1. The zero-order valence-corrected chi connectivity index (χ0v) is 16.3. The van der Waals surface area contributed by atoms with Crippen molar-refractivity contribution in [1.29, 1.82) is 0 Å². The summed E-state index contributed by atoms with van der Waals surface area (Å²) in [5.41, 5.74) is 0.463. The summed E-state index contributed by atoms with van der Waals surface area (Å²) in [6, 6.07) is 19.6. The van der Waals surface area contributed by atoms with Gasteiger partial charge in [0.2, 0.25) is 0 Å². The number of hydrogen-bond acceptors (Lipinski definition) is 6. The quantitative estimate of drug-likeness (QED) is 0.410. The Kier molecular flexibility index (Phi) is 7.13. The van der Waals surface area contributed by atoms with Crippen LogP contribution in [0.4, 0.5) is 5.69 Å². The van der Waals surface area contributed by atoms with Gasteiger partial charge in [0.25, 0.3) is 5.91 Å². The van der Waals surface area contributed by atoms with Gasteiger partial charge in [0.1, 0.15) is 5.75 Å². The first-order valence-electron chi connectivity index (χ1n) is 8.96. The number of amides is 1. The van der Waals surface area contributed by atoms with Gasteiger partial charge in [-0.05, 0) is 35.7 Å². The van der Waals surface area contributed by atoms with Crippen LogP contribution in [-0.2, 0) is 14.3 Å². The van der Waals surface area contributed by atoms with Crippen LogP contribution in [0.3, 0.4) is 0 Å². The maximum absolute atomic E-state index is 12.1. The molecule has 3 aromatic rings. The highest BCUT2D eigenvalue weighted by Crippen LogP contribution is 2.29. The summed E-state index contributed by atoms with van der Waals surface area (Å²) in [4.78, 5) is 36.4. The molecule has 6 nitrogen and oxygen atoms in total. The summed E-state index contributed by atoms with van der Waals surface area (Å²) < 4.78 is 10.7. The molecule has 0 fully saturated rings. The van der Waals surface area contributed by atoms with E-state index < -0.39 is 18.5 Å². The maximum atomic E-state index is 12.1. The van der Waals surface area contributed by atoms with Crippen molar-refractivity contribution in [1.82, 2.24) is 0 Å². The number of para-hydroxylation sites is 3. The zero-order valence-electron chi connectivity index (χ0n) is 15.5. The molecule has 0 radical (unpaired) electrons. The van der Waals surface area contributed by atoms with Crippen LogP contribution in [0.1, 0.15) is 22.5 Å². The number of anilines is 1. The number of esters is 1. The number of nitrogens with one attached hydrogen (secondary N) is 1. The van der Waals surface area contributed by atoms with Crippen LogP contribution in [0.15, 0.2) is 72.1 Å². The number of Topliss-reactive ketones (excluding diaryl/α,β-unsaturated/α-hetero) is 1. The molecule has 0 unspecified atom stereocenters. The number of carbonyl (C=O) groups excluding carboxylic acids is 3. The highest BCUT2D eigenvalue weighted by atomic mass is 32.1. The lowest BCUT2D eigenvalue weighted by Gasteiger charge is -2.12. The Balaban J connectivity index is 1.47. The molecule has 0 spiro atoms. The normalized spacial score (nSPS) is 10.2. The summed E-state index contributed by atoms with van der Waals surface area (Å²) in [6.45, 7) is -0.439. The minimum Gasteiger partial charge on any atom is -0.456 e. The number of benzene rings is 2. The third kappa shape index (κ3) is 6.29. The van der Waals surface area contributed by atoms with E-state index >= 15 is 0 Å². The first-order valence-corrected chi connectivity index (χ1v) is 9.84. The fourth-order valence-electron chi connectivity index (χ4n) is 2.45. The molecule has 1 amide bonds. The minimum absolute atomic E-state index is 0.0503. The third-order valence-corrected chi connectivity index (χ3v) is 4.76. The second-order valence-corrected chi connectivity index (χ2v) is 6.97. The van der Waals surface area contributed by atoms with Gasteiger partial charge in [-0.3, -0.25) is 14.4 Å². The molecule has 1 N–H and O–H groups in total. The van der Waals surface area contributed by atoms with Gasteiger partial charge >= 0.3 is 5.97 Å². The Labute approximate surface area is 172 Å². The van der Waals surface area contributed by atoms with Crippen LogP contribution in [0.5, 0.6) is 11.5 Å². The van der Waals surface area contributed by atoms with Crippen molar-refractivity contribution in [3.8, 4) is 11.5 Å². The van der Waals surface area contributed by atoms with Crippen molar-refractivity contribution >= 4 is 34.7 Å². The summed E-state index contributed by atoms with van der Waals surface area (Å²) in [7, 11) is 0. The monoisotopic (exact) mass is 409 g/mol. The summed E-state index contributed by atoms with van der Waals surface area (Å²) >= 11 is 1.33. The van der Waals surface area contributed by atoms with Gasteiger partial charge in [0.05, 0.1) is 17.0 Å². The molecule has 0 saturated heterocycles. The predicted octanol–water partition coefficient (Wildman–Crippen LogP) is 4.69. The molecule has 148 valence electrons. The minimum atomic E-state index is -0.598. The van der Waals surface area contributed by atoms with Crippen LogP contribution in [0.25, 0.3) is 0 Å². The molecular formula is C22H19NO5S. The van der Waals surface area contributed by atoms with Crippen molar-refractivity contribution in [3.05, 3.63) is 77.0 Å². The Morgan fingerprint density at radius 2 is 1.62 bits per heavy atom. The standard InChI is InChI=1S/C22H19NO5S/c24-18(20-11-6-14-29-20)12-13-22(26)27-15-21(25)23-17-9-4-5-10-19(17)28-16-7-2-1-3-8-16/h1-11,14H,12-13,15H2,(H,23,25). The fraction of sp³-hybridized carbons (Fsp3) is 0.136. The molecule has 0 saturated carbocycles. The van der Waals surface area contributed by atoms with Crippen molar-refractivity contribution < 1.29 is 23.9 Å². The molecule has 29 heavy (non-hydrogen) atoms. The van der Waals surface area contributed by atoms with E-state index in [2.05, 4.69) is 5.32 Å². The van der Waals surface area contributed by atoms with Gasteiger partial charge < -0.3 is 14.8 Å². The number of ketones is 1. The summed E-state index contributed by atoms with van der Waals surface area (Å²) in [5, 5.41) is 4.47. The lowest BCUT2D eigenvalue weighted by atomic mass is 10.2.